The molecular formula is C11H23NO. The van der Waals surface area contributed by atoms with Crippen LogP contribution >= 0.6 is 0 Å². The maximum Gasteiger partial charge on any atom is 0.0493 e. The van der Waals surface area contributed by atoms with Crippen molar-refractivity contribution < 1.29 is 5.11 Å². The molecule has 0 spiro atoms. The van der Waals surface area contributed by atoms with Crippen LogP contribution in [0.4, 0.5) is 0 Å². The van der Waals surface area contributed by atoms with E-state index in [2.05, 4.69) is 26.1 Å². The summed E-state index contributed by atoms with van der Waals surface area (Å²) in [7, 11) is 0. The molecule has 78 valence electrons. The fourth-order valence-electron chi connectivity index (χ4n) is 2.21. The molecule has 1 rings (SSSR count). The minimum atomic E-state index is 0.251. The van der Waals surface area contributed by atoms with Crippen molar-refractivity contribution in [2.45, 2.75) is 33.6 Å². The van der Waals surface area contributed by atoms with Crippen molar-refractivity contribution in [3.63, 3.8) is 0 Å². The number of rotatable bonds is 6. The van der Waals surface area contributed by atoms with Gasteiger partial charge in [0.05, 0.1) is 0 Å². The molecular weight excluding hydrogens is 162 g/mol. The van der Waals surface area contributed by atoms with E-state index >= 15 is 0 Å². The van der Waals surface area contributed by atoms with Crippen LogP contribution in [-0.4, -0.2) is 24.8 Å². The second-order valence-corrected chi connectivity index (χ2v) is 4.65. The maximum atomic E-state index is 9.33. The van der Waals surface area contributed by atoms with Crippen LogP contribution in [0.15, 0.2) is 0 Å². The minimum absolute atomic E-state index is 0.251. The Hall–Kier alpha value is -0.0800. The lowest BCUT2D eigenvalue weighted by Gasteiger charge is -2.18. The quantitative estimate of drug-likeness (QED) is 0.617. The third-order valence-corrected chi connectivity index (χ3v) is 3.54. The van der Waals surface area contributed by atoms with E-state index in [9.17, 15) is 5.11 Å². The van der Waals surface area contributed by atoms with Gasteiger partial charge in [0, 0.05) is 12.0 Å². The van der Waals surface area contributed by atoms with Gasteiger partial charge in [-0.3, -0.25) is 0 Å². The molecule has 0 aromatic heterocycles. The molecule has 0 amide bonds. The molecule has 0 bridgehead atoms. The first-order chi connectivity index (χ1) is 6.17. The van der Waals surface area contributed by atoms with Gasteiger partial charge in [-0.1, -0.05) is 20.8 Å². The van der Waals surface area contributed by atoms with E-state index in [0.29, 0.717) is 18.4 Å². The van der Waals surface area contributed by atoms with E-state index in [1.807, 2.05) is 0 Å². The first kappa shape index (κ1) is 11.0. The van der Waals surface area contributed by atoms with Crippen molar-refractivity contribution in [3.8, 4) is 0 Å². The minimum Gasteiger partial charge on any atom is -0.396 e. The number of hydrogen-bond acceptors (Lipinski definition) is 2. The molecule has 0 radical (unpaired) electrons. The lowest BCUT2D eigenvalue weighted by atomic mass is 9.90. The van der Waals surface area contributed by atoms with Crippen molar-refractivity contribution in [2.75, 3.05) is 19.7 Å². The topological polar surface area (TPSA) is 32.3 Å². The van der Waals surface area contributed by atoms with Gasteiger partial charge in [0.1, 0.15) is 0 Å². The third-order valence-electron chi connectivity index (χ3n) is 3.54. The Balaban J connectivity index is 2.25. The predicted octanol–water partition coefficient (Wildman–Crippen LogP) is 1.64. The van der Waals surface area contributed by atoms with Gasteiger partial charge in [-0.05, 0) is 37.8 Å². The fraction of sp³-hybridized carbons (Fsp3) is 1.00. The number of nitrogens with one attached hydrogen (secondary N) is 1. The first-order valence-corrected chi connectivity index (χ1v) is 5.49. The molecule has 1 saturated carbocycles. The van der Waals surface area contributed by atoms with Crippen LogP contribution in [0.25, 0.3) is 0 Å². The molecule has 0 aliphatic heterocycles. The van der Waals surface area contributed by atoms with Gasteiger partial charge in [-0.15, -0.1) is 0 Å². The van der Waals surface area contributed by atoms with Crippen LogP contribution in [0.1, 0.15) is 33.6 Å². The zero-order valence-electron chi connectivity index (χ0n) is 9.14. The van der Waals surface area contributed by atoms with Gasteiger partial charge < -0.3 is 10.4 Å². The molecule has 1 aliphatic rings. The van der Waals surface area contributed by atoms with Gasteiger partial charge in [-0.2, -0.15) is 0 Å². The molecule has 2 nitrogen and oxygen atoms in total. The van der Waals surface area contributed by atoms with Gasteiger partial charge >= 0.3 is 0 Å². The molecule has 0 heterocycles. The molecule has 13 heavy (non-hydrogen) atoms. The molecule has 0 saturated heterocycles. The highest BCUT2D eigenvalue weighted by Gasteiger charge is 2.54. The van der Waals surface area contributed by atoms with E-state index in [1.54, 1.807) is 0 Å². The molecule has 2 unspecified atom stereocenters. The highest BCUT2D eigenvalue weighted by atomic mass is 16.3. The lowest BCUT2D eigenvalue weighted by molar-refractivity contribution is 0.155. The van der Waals surface area contributed by atoms with Crippen LogP contribution in [0.2, 0.25) is 0 Å². The van der Waals surface area contributed by atoms with Crippen molar-refractivity contribution in [3.05, 3.63) is 0 Å². The van der Waals surface area contributed by atoms with Crippen molar-refractivity contribution >= 4 is 0 Å². The van der Waals surface area contributed by atoms with Crippen LogP contribution in [0.3, 0.4) is 0 Å². The van der Waals surface area contributed by atoms with Gasteiger partial charge in [0.25, 0.3) is 0 Å². The zero-order chi connectivity index (χ0) is 9.90. The summed E-state index contributed by atoms with van der Waals surface area (Å²) in [6.07, 6.45) is 2.40. The normalized spacial score (nSPS) is 32.5. The summed E-state index contributed by atoms with van der Waals surface area (Å²) < 4.78 is 0. The second-order valence-electron chi connectivity index (χ2n) is 4.65. The van der Waals surface area contributed by atoms with E-state index in [0.717, 1.165) is 13.1 Å². The molecule has 0 aromatic carbocycles. The lowest BCUT2D eigenvalue weighted by Crippen LogP contribution is -2.24. The standard InChI is InChI=1S/C11H23NO/c1-4-5-12-7-10-6-11(10,8-13)9(2)3/h9-10,12-13H,4-8H2,1-3H3. The second kappa shape index (κ2) is 4.43. The van der Waals surface area contributed by atoms with Crippen LogP contribution in [0, 0.1) is 17.3 Å². The van der Waals surface area contributed by atoms with Crippen molar-refractivity contribution in [1.29, 1.82) is 0 Å². The summed E-state index contributed by atoms with van der Waals surface area (Å²) in [5.41, 5.74) is 0.251. The van der Waals surface area contributed by atoms with E-state index in [1.165, 1.54) is 12.8 Å². The Morgan fingerprint density at radius 3 is 2.62 bits per heavy atom. The number of aliphatic hydroxyl groups excluding tert-OH is 1. The summed E-state index contributed by atoms with van der Waals surface area (Å²) >= 11 is 0. The Kier molecular flexibility index (Phi) is 3.74. The third kappa shape index (κ3) is 2.23. The van der Waals surface area contributed by atoms with Crippen molar-refractivity contribution in [2.24, 2.45) is 17.3 Å². The number of aliphatic hydroxyl groups is 1. The predicted molar refractivity (Wildman–Crippen MR) is 55.6 cm³/mol. The molecule has 1 aliphatic carbocycles. The van der Waals surface area contributed by atoms with Gasteiger partial charge in [0.15, 0.2) is 0 Å². The van der Waals surface area contributed by atoms with Gasteiger partial charge in [-0.25, -0.2) is 0 Å². The summed E-state index contributed by atoms with van der Waals surface area (Å²) in [5.74, 6) is 1.33. The average Bonchev–Trinajstić information content (AvgIpc) is 2.81. The monoisotopic (exact) mass is 185 g/mol. The van der Waals surface area contributed by atoms with Crippen LogP contribution in [0.5, 0.6) is 0 Å². The van der Waals surface area contributed by atoms with Crippen LogP contribution < -0.4 is 5.32 Å². The molecule has 2 atom stereocenters. The zero-order valence-corrected chi connectivity index (χ0v) is 9.14. The SMILES string of the molecule is CCCNCC1CC1(CO)C(C)C. The van der Waals surface area contributed by atoms with Crippen molar-refractivity contribution in [1.82, 2.24) is 5.32 Å². The highest BCUT2D eigenvalue weighted by Crippen LogP contribution is 2.56. The molecule has 2 N–H and O–H groups in total. The fourth-order valence-corrected chi connectivity index (χ4v) is 2.21. The van der Waals surface area contributed by atoms with E-state index in [4.69, 9.17) is 0 Å². The Morgan fingerprint density at radius 1 is 1.54 bits per heavy atom. The van der Waals surface area contributed by atoms with Gasteiger partial charge in [0.2, 0.25) is 0 Å². The number of hydrogen-bond donors (Lipinski definition) is 2. The average molecular weight is 185 g/mol. The Bertz CT molecular complexity index is 158. The smallest absolute Gasteiger partial charge is 0.0493 e. The Labute approximate surface area is 81.7 Å². The van der Waals surface area contributed by atoms with E-state index < -0.39 is 0 Å². The van der Waals surface area contributed by atoms with Crippen LogP contribution in [-0.2, 0) is 0 Å². The summed E-state index contributed by atoms with van der Waals surface area (Å²) in [5, 5.41) is 12.8. The largest absolute Gasteiger partial charge is 0.396 e. The molecule has 0 aromatic rings. The Morgan fingerprint density at radius 2 is 2.23 bits per heavy atom. The highest BCUT2D eigenvalue weighted by molar-refractivity contribution is 5.04. The molecule has 2 heteroatoms. The summed E-state index contributed by atoms with van der Waals surface area (Å²) in [6, 6.07) is 0. The maximum absolute atomic E-state index is 9.33. The summed E-state index contributed by atoms with van der Waals surface area (Å²) in [4.78, 5) is 0. The molecule has 1 fully saturated rings. The first-order valence-electron chi connectivity index (χ1n) is 5.49. The summed E-state index contributed by atoms with van der Waals surface area (Å²) in [6.45, 7) is 9.18. The van der Waals surface area contributed by atoms with E-state index in [-0.39, 0.29) is 5.41 Å².